The van der Waals surface area contributed by atoms with Gasteiger partial charge in [-0.25, -0.2) is 17.9 Å². The van der Waals surface area contributed by atoms with Crippen molar-refractivity contribution in [3.05, 3.63) is 82.6 Å². The number of aromatic nitrogens is 3. The summed E-state index contributed by atoms with van der Waals surface area (Å²) in [5.74, 6) is -0.592. The molecule has 0 saturated heterocycles. The van der Waals surface area contributed by atoms with Crippen molar-refractivity contribution in [1.82, 2.24) is 15.0 Å². The summed E-state index contributed by atoms with van der Waals surface area (Å²) in [5.41, 5.74) is 2.86. The van der Waals surface area contributed by atoms with Gasteiger partial charge in [-0.2, -0.15) is 0 Å². The first kappa shape index (κ1) is 25.8. The van der Waals surface area contributed by atoms with Crippen LogP contribution in [-0.2, 0) is 21.4 Å². The molecule has 3 aromatic carbocycles. The molecular formula is C26H26N4O6S. The van der Waals surface area contributed by atoms with Gasteiger partial charge in [0.1, 0.15) is 17.3 Å². The van der Waals surface area contributed by atoms with Crippen LogP contribution in [0, 0.1) is 6.92 Å². The van der Waals surface area contributed by atoms with Crippen LogP contribution in [0.4, 0.5) is 5.69 Å². The fourth-order valence-corrected chi connectivity index (χ4v) is 5.38. The second-order valence-corrected chi connectivity index (χ2v) is 10.4. The molecule has 0 radical (unpaired) electrons. The number of rotatable bonds is 9. The highest BCUT2D eigenvalue weighted by molar-refractivity contribution is 7.92. The summed E-state index contributed by atoms with van der Waals surface area (Å²) in [5, 5.41) is 18.2. The fourth-order valence-electron chi connectivity index (χ4n) is 4.22. The van der Waals surface area contributed by atoms with Crippen molar-refractivity contribution < 1.29 is 23.1 Å². The highest BCUT2D eigenvalue weighted by Gasteiger charge is 2.33. The number of aliphatic carboxylic acids is 1. The maximum atomic E-state index is 12.8. The number of hydrogen-bond acceptors (Lipinski definition) is 7. The number of hydrogen-bond donors (Lipinski definition) is 1. The zero-order valence-corrected chi connectivity index (χ0v) is 21.3. The van der Waals surface area contributed by atoms with Gasteiger partial charge >= 0.3 is 5.97 Å². The van der Waals surface area contributed by atoms with E-state index in [1.165, 1.54) is 0 Å². The summed E-state index contributed by atoms with van der Waals surface area (Å²) in [4.78, 5) is 25.0. The van der Waals surface area contributed by atoms with Gasteiger partial charge < -0.3 is 9.84 Å². The van der Waals surface area contributed by atoms with E-state index in [0.29, 0.717) is 10.9 Å². The largest absolute Gasteiger partial charge is 0.496 e. The summed E-state index contributed by atoms with van der Waals surface area (Å²) in [6.45, 7) is 1.79. The molecule has 0 aliphatic rings. The van der Waals surface area contributed by atoms with Crippen molar-refractivity contribution in [2.75, 3.05) is 17.7 Å². The SMILES string of the molecule is COc1ccc(-c2ccc(N([C@H](CCn3nnc4ccccc4c3=O)C(=O)O)S(C)(=O)=O)cc2)cc1C. The molecule has 4 aromatic rings. The molecule has 192 valence electrons. The van der Waals surface area contributed by atoms with Crippen LogP contribution in [0.25, 0.3) is 22.0 Å². The third-order valence-corrected chi connectivity index (χ3v) is 7.20. The van der Waals surface area contributed by atoms with Gasteiger partial charge in [0.05, 0.1) is 24.4 Å². The van der Waals surface area contributed by atoms with E-state index in [-0.39, 0.29) is 18.7 Å². The first-order valence-corrected chi connectivity index (χ1v) is 13.2. The number of anilines is 1. The van der Waals surface area contributed by atoms with Crippen LogP contribution in [0.3, 0.4) is 0 Å². The summed E-state index contributed by atoms with van der Waals surface area (Å²) in [6.07, 6.45) is 0.750. The third-order valence-electron chi connectivity index (χ3n) is 6.02. The standard InChI is InChI=1S/C26H26N4O6S/c1-17-16-19(10-13-24(17)36-2)18-8-11-20(12-9-18)30(37(3,34)35)23(26(32)33)14-15-29-25(31)21-6-4-5-7-22(21)27-28-29/h4-13,16,23H,14-15H2,1-3H3,(H,32,33)/t23-/m1/s1. The molecular weight excluding hydrogens is 496 g/mol. The third kappa shape index (κ3) is 5.46. The number of carboxylic acid groups (broad SMARTS) is 1. The molecule has 0 fully saturated rings. The topological polar surface area (TPSA) is 132 Å². The first-order chi connectivity index (χ1) is 17.6. The van der Waals surface area contributed by atoms with E-state index in [2.05, 4.69) is 10.3 Å². The van der Waals surface area contributed by atoms with E-state index < -0.39 is 27.6 Å². The fraction of sp³-hybridized carbons (Fsp3) is 0.231. The summed E-state index contributed by atoms with van der Waals surface area (Å²) >= 11 is 0. The molecule has 0 aliphatic heterocycles. The van der Waals surface area contributed by atoms with Crippen molar-refractivity contribution in [2.45, 2.75) is 25.9 Å². The Morgan fingerprint density at radius 1 is 1.08 bits per heavy atom. The van der Waals surface area contributed by atoms with Crippen molar-refractivity contribution in [1.29, 1.82) is 0 Å². The van der Waals surface area contributed by atoms with Crippen LogP contribution in [-0.4, -0.2) is 53.9 Å². The van der Waals surface area contributed by atoms with Crippen molar-refractivity contribution in [3.8, 4) is 16.9 Å². The monoisotopic (exact) mass is 522 g/mol. The average molecular weight is 523 g/mol. The predicted molar refractivity (Wildman–Crippen MR) is 140 cm³/mol. The van der Waals surface area contributed by atoms with Gasteiger partial charge in [0.2, 0.25) is 10.0 Å². The number of sulfonamides is 1. The molecule has 4 rings (SSSR count). The normalized spacial score (nSPS) is 12.3. The van der Waals surface area contributed by atoms with Gasteiger partial charge in [0.25, 0.3) is 5.56 Å². The van der Waals surface area contributed by atoms with Gasteiger partial charge in [0, 0.05) is 6.54 Å². The number of fused-ring (bicyclic) bond motifs is 1. The number of carboxylic acids is 1. The Bertz CT molecular complexity index is 1620. The second kappa shape index (κ2) is 10.4. The molecule has 0 spiro atoms. The Balaban J connectivity index is 1.64. The van der Waals surface area contributed by atoms with E-state index in [1.54, 1.807) is 55.6 Å². The van der Waals surface area contributed by atoms with Crippen LogP contribution >= 0.6 is 0 Å². The molecule has 37 heavy (non-hydrogen) atoms. The lowest BCUT2D eigenvalue weighted by Crippen LogP contribution is -2.46. The number of aryl methyl sites for hydroxylation is 2. The minimum Gasteiger partial charge on any atom is -0.496 e. The van der Waals surface area contributed by atoms with Gasteiger partial charge in [0.15, 0.2) is 0 Å². The van der Waals surface area contributed by atoms with Gasteiger partial charge in [-0.1, -0.05) is 35.5 Å². The number of methoxy groups -OCH3 is 1. The Morgan fingerprint density at radius 2 is 1.76 bits per heavy atom. The minimum absolute atomic E-state index is 0.136. The number of benzene rings is 3. The van der Waals surface area contributed by atoms with E-state index in [0.717, 1.165) is 37.7 Å². The van der Waals surface area contributed by atoms with Gasteiger partial charge in [-0.15, -0.1) is 5.10 Å². The zero-order valence-electron chi connectivity index (χ0n) is 20.5. The van der Waals surface area contributed by atoms with Crippen LogP contribution in [0.2, 0.25) is 0 Å². The van der Waals surface area contributed by atoms with Crippen LogP contribution in [0.5, 0.6) is 5.75 Å². The lowest BCUT2D eigenvalue weighted by molar-refractivity contribution is -0.138. The molecule has 1 aromatic heterocycles. The summed E-state index contributed by atoms with van der Waals surface area (Å²) in [6, 6.07) is 17.5. The predicted octanol–water partition coefficient (Wildman–Crippen LogP) is 3.09. The highest BCUT2D eigenvalue weighted by atomic mass is 32.2. The summed E-state index contributed by atoms with van der Waals surface area (Å²) in [7, 11) is -2.40. The maximum absolute atomic E-state index is 12.8. The molecule has 0 bridgehead atoms. The Labute approximate surface area is 213 Å². The van der Waals surface area contributed by atoms with Gasteiger partial charge in [-0.3, -0.25) is 9.10 Å². The average Bonchev–Trinajstić information content (AvgIpc) is 2.87. The lowest BCUT2D eigenvalue weighted by atomic mass is 10.0. The Kier molecular flexibility index (Phi) is 7.25. The number of ether oxygens (including phenoxy) is 1. The molecule has 1 N–H and O–H groups in total. The van der Waals surface area contributed by atoms with E-state index in [4.69, 9.17) is 4.74 Å². The summed E-state index contributed by atoms with van der Waals surface area (Å²) < 4.78 is 32.7. The van der Waals surface area contributed by atoms with Crippen molar-refractivity contribution >= 4 is 32.6 Å². The van der Waals surface area contributed by atoms with Crippen LogP contribution in [0.15, 0.2) is 71.5 Å². The zero-order chi connectivity index (χ0) is 26.7. The van der Waals surface area contributed by atoms with E-state index in [9.17, 15) is 23.1 Å². The lowest BCUT2D eigenvalue weighted by Gasteiger charge is -2.29. The molecule has 1 heterocycles. The Hall–Kier alpha value is -4.25. The smallest absolute Gasteiger partial charge is 0.327 e. The van der Waals surface area contributed by atoms with Gasteiger partial charge in [-0.05, 0) is 66.4 Å². The Morgan fingerprint density at radius 3 is 2.38 bits per heavy atom. The quantitative estimate of drug-likeness (QED) is 0.355. The number of carbonyl (C=O) groups is 1. The van der Waals surface area contributed by atoms with Crippen molar-refractivity contribution in [3.63, 3.8) is 0 Å². The minimum atomic E-state index is -3.99. The molecule has 0 saturated carbocycles. The molecule has 0 unspecified atom stereocenters. The van der Waals surface area contributed by atoms with E-state index in [1.807, 2.05) is 25.1 Å². The molecule has 0 amide bonds. The maximum Gasteiger partial charge on any atom is 0.327 e. The molecule has 10 nitrogen and oxygen atoms in total. The highest BCUT2D eigenvalue weighted by Crippen LogP contribution is 2.29. The van der Waals surface area contributed by atoms with Crippen LogP contribution < -0.4 is 14.6 Å². The molecule has 1 atom stereocenters. The van der Waals surface area contributed by atoms with Crippen LogP contribution in [0.1, 0.15) is 12.0 Å². The molecule has 11 heteroatoms. The van der Waals surface area contributed by atoms with Crippen molar-refractivity contribution in [2.24, 2.45) is 0 Å². The van der Waals surface area contributed by atoms with E-state index >= 15 is 0 Å². The second-order valence-electron chi connectivity index (χ2n) is 8.57. The number of nitrogens with zero attached hydrogens (tertiary/aromatic N) is 4. The first-order valence-electron chi connectivity index (χ1n) is 11.4. The molecule has 0 aliphatic carbocycles.